The highest BCUT2D eigenvalue weighted by Gasteiger charge is 2.02. The van der Waals surface area contributed by atoms with Gasteiger partial charge in [-0.05, 0) is 0 Å². The van der Waals surface area contributed by atoms with Gasteiger partial charge in [0.2, 0.25) is 0 Å². The lowest BCUT2D eigenvalue weighted by Crippen LogP contribution is -1.93. The molecule has 0 amide bonds. The van der Waals surface area contributed by atoms with Crippen molar-refractivity contribution in [3.05, 3.63) is 18.2 Å². The standard InChI is InChI=1S/C6H8N6S/c1-12-6(7-4-9-12)13-3-5-2-8-11-10-5/h2,4H,3H2,1H3,(H,8,10,11). The molecule has 2 aromatic heterocycles. The summed E-state index contributed by atoms with van der Waals surface area (Å²) in [7, 11) is 1.86. The molecule has 0 aliphatic rings. The van der Waals surface area contributed by atoms with Crippen LogP contribution in [0.3, 0.4) is 0 Å². The van der Waals surface area contributed by atoms with Gasteiger partial charge in [-0.25, -0.2) is 9.67 Å². The SMILES string of the molecule is Cn1ncnc1SCc1cn[nH]n1. The van der Waals surface area contributed by atoms with E-state index < -0.39 is 0 Å². The second kappa shape index (κ2) is 3.56. The molecule has 0 radical (unpaired) electrons. The van der Waals surface area contributed by atoms with Gasteiger partial charge in [0.25, 0.3) is 0 Å². The summed E-state index contributed by atoms with van der Waals surface area (Å²) in [6.45, 7) is 0. The van der Waals surface area contributed by atoms with E-state index >= 15 is 0 Å². The highest BCUT2D eigenvalue weighted by Crippen LogP contribution is 2.17. The quantitative estimate of drug-likeness (QED) is 0.711. The maximum atomic E-state index is 4.07. The zero-order chi connectivity index (χ0) is 9.10. The molecule has 0 aliphatic heterocycles. The molecular weight excluding hydrogens is 188 g/mol. The van der Waals surface area contributed by atoms with Crippen molar-refractivity contribution in [3.8, 4) is 0 Å². The normalized spacial score (nSPS) is 10.5. The molecule has 7 heteroatoms. The van der Waals surface area contributed by atoms with Crippen LogP contribution in [0, 0.1) is 0 Å². The third-order valence-electron chi connectivity index (χ3n) is 1.48. The van der Waals surface area contributed by atoms with Crippen LogP contribution in [0.1, 0.15) is 5.69 Å². The lowest BCUT2D eigenvalue weighted by atomic mass is 10.6. The Labute approximate surface area is 78.8 Å². The van der Waals surface area contributed by atoms with Crippen LogP contribution in [0.2, 0.25) is 0 Å². The van der Waals surface area contributed by atoms with Crippen LogP contribution in [-0.4, -0.2) is 30.2 Å². The van der Waals surface area contributed by atoms with Crippen molar-refractivity contribution in [3.63, 3.8) is 0 Å². The Morgan fingerprint density at radius 2 is 2.54 bits per heavy atom. The van der Waals surface area contributed by atoms with Gasteiger partial charge in [-0.1, -0.05) is 11.8 Å². The van der Waals surface area contributed by atoms with Crippen LogP contribution in [0.4, 0.5) is 0 Å². The van der Waals surface area contributed by atoms with Crippen LogP contribution in [0.5, 0.6) is 0 Å². The summed E-state index contributed by atoms with van der Waals surface area (Å²) in [6, 6.07) is 0. The van der Waals surface area contributed by atoms with Crippen LogP contribution >= 0.6 is 11.8 Å². The number of rotatable bonds is 3. The number of H-pyrrole nitrogens is 1. The number of hydrogen-bond acceptors (Lipinski definition) is 5. The Bertz CT molecular complexity index is 366. The maximum Gasteiger partial charge on any atom is 0.186 e. The first kappa shape index (κ1) is 8.24. The first-order valence-corrected chi connectivity index (χ1v) is 4.66. The third-order valence-corrected chi connectivity index (χ3v) is 2.55. The molecule has 0 saturated heterocycles. The van der Waals surface area contributed by atoms with E-state index in [1.165, 1.54) is 6.33 Å². The number of nitrogens with zero attached hydrogens (tertiary/aromatic N) is 5. The molecule has 0 saturated carbocycles. The topological polar surface area (TPSA) is 72.3 Å². The van der Waals surface area contributed by atoms with E-state index in [0.717, 1.165) is 16.6 Å². The Morgan fingerprint density at radius 3 is 3.15 bits per heavy atom. The average molecular weight is 196 g/mol. The molecule has 68 valence electrons. The number of hydrogen-bond donors (Lipinski definition) is 1. The van der Waals surface area contributed by atoms with Gasteiger partial charge in [0.1, 0.15) is 6.33 Å². The van der Waals surface area contributed by atoms with Gasteiger partial charge < -0.3 is 0 Å². The van der Waals surface area contributed by atoms with Crippen molar-refractivity contribution in [1.82, 2.24) is 30.2 Å². The highest BCUT2D eigenvalue weighted by molar-refractivity contribution is 7.98. The molecule has 0 unspecified atom stereocenters. The lowest BCUT2D eigenvalue weighted by molar-refractivity contribution is 0.685. The van der Waals surface area contributed by atoms with Crippen molar-refractivity contribution in [2.24, 2.45) is 7.05 Å². The molecule has 2 aromatic rings. The number of nitrogens with one attached hydrogen (secondary N) is 1. The highest BCUT2D eigenvalue weighted by atomic mass is 32.2. The van der Waals surface area contributed by atoms with Gasteiger partial charge in [0, 0.05) is 12.8 Å². The molecule has 2 rings (SSSR count). The van der Waals surface area contributed by atoms with Crippen LogP contribution in [-0.2, 0) is 12.8 Å². The van der Waals surface area contributed by atoms with E-state index in [4.69, 9.17) is 0 Å². The summed E-state index contributed by atoms with van der Waals surface area (Å²) < 4.78 is 1.73. The first-order chi connectivity index (χ1) is 6.36. The summed E-state index contributed by atoms with van der Waals surface area (Å²) in [5.41, 5.74) is 0.910. The van der Waals surface area contributed by atoms with E-state index in [1.807, 2.05) is 7.05 Å². The van der Waals surface area contributed by atoms with E-state index in [0.29, 0.717) is 0 Å². The fourth-order valence-electron chi connectivity index (χ4n) is 0.850. The van der Waals surface area contributed by atoms with Crippen LogP contribution in [0.25, 0.3) is 0 Å². The molecule has 13 heavy (non-hydrogen) atoms. The summed E-state index contributed by atoms with van der Waals surface area (Å²) in [5, 5.41) is 15.0. The van der Waals surface area contributed by atoms with Crippen molar-refractivity contribution < 1.29 is 0 Å². The zero-order valence-corrected chi connectivity index (χ0v) is 7.82. The molecule has 0 spiro atoms. The summed E-state index contributed by atoms with van der Waals surface area (Å²) >= 11 is 1.58. The summed E-state index contributed by atoms with van der Waals surface area (Å²) in [4.78, 5) is 4.07. The Morgan fingerprint density at radius 1 is 1.62 bits per heavy atom. The molecule has 0 fully saturated rings. The van der Waals surface area contributed by atoms with Crippen molar-refractivity contribution >= 4 is 11.8 Å². The van der Waals surface area contributed by atoms with E-state index in [9.17, 15) is 0 Å². The van der Waals surface area contributed by atoms with Crippen molar-refractivity contribution in [2.75, 3.05) is 0 Å². The van der Waals surface area contributed by atoms with Gasteiger partial charge >= 0.3 is 0 Å². The van der Waals surface area contributed by atoms with Gasteiger partial charge in [0.15, 0.2) is 5.16 Å². The molecule has 0 aliphatic carbocycles. The predicted molar refractivity (Wildman–Crippen MR) is 46.9 cm³/mol. The molecule has 2 heterocycles. The van der Waals surface area contributed by atoms with Gasteiger partial charge in [-0.3, -0.25) is 0 Å². The van der Waals surface area contributed by atoms with Gasteiger partial charge in [-0.2, -0.15) is 20.5 Å². The number of thioether (sulfide) groups is 1. The Balaban J connectivity index is 1.97. The average Bonchev–Trinajstić information content (AvgIpc) is 2.72. The van der Waals surface area contributed by atoms with Crippen LogP contribution in [0.15, 0.2) is 17.7 Å². The minimum Gasteiger partial charge on any atom is -0.244 e. The lowest BCUT2D eigenvalue weighted by Gasteiger charge is -1.95. The molecule has 6 nitrogen and oxygen atoms in total. The van der Waals surface area contributed by atoms with Crippen molar-refractivity contribution in [1.29, 1.82) is 0 Å². The van der Waals surface area contributed by atoms with Gasteiger partial charge in [0.05, 0.1) is 11.9 Å². The maximum absolute atomic E-state index is 4.07. The second-order valence-corrected chi connectivity index (χ2v) is 3.36. The Hall–Kier alpha value is -1.37. The minimum atomic E-state index is 0.753. The number of aromatic amines is 1. The second-order valence-electron chi connectivity index (χ2n) is 2.42. The largest absolute Gasteiger partial charge is 0.244 e. The molecule has 0 atom stereocenters. The van der Waals surface area contributed by atoms with Crippen LogP contribution < -0.4 is 0 Å². The van der Waals surface area contributed by atoms with E-state index in [-0.39, 0.29) is 0 Å². The fourth-order valence-corrected chi connectivity index (χ4v) is 1.62. The smallest absolute Gasteiger partial charge is 0.186 e. The molecule has 0 aromatic carbocycles. The summed E-state index contributed by atoms with van der Waals surface area (Å²) in [5.74, 6) is 0.753. The monoisotopic (exact) mass is 196 g/mol. The van der Waals surface area contributed by atoms with Gasteiger partial charge in [-0.15, -0.1) is 0 Å². The Kier molecular flexibility index (Phi) is 2.26. The molecule has 1 N–H and O–H groups in total. The first-order valence-electron chi connectivity index (χ1n) is 3.67. The van der Waals surface area contributed by atoms with E-state index in [1.54, 1.807) is 22.6 Å². The fraction of sp³-hybridized carbons (Fsp3) is 0.333. The predicted octanol–water partition coefficient (Wildman–Crippen LogP) is 0.225. The zero-order valence-electron chi connectivity index (χ0n) is 7.01. The summed E-state index contributed by atoms with van der Waals surface area (Å²) in [6.07, 6.45) is 3.23. The van der Waals surface area contributed by atoms with Crippen molar-refractivity contribution in [2.45, 2.75) is 10.9 Å². The third kappa shape index (κ3) is 1.86. The number of aryl methyl sites for hydroxylation is 1. The molecular formula is C6H8N6S. The number of aromatic nitrogens is 6. The van der Waals surface area contributed by atoms with E-state index in [2.05, 4.69) is 25.5 Å². The molecule has 0 bridgehead atoms. The minimum absolute atomic E-state index is 0.753.